The molecule has 0 fully saturated rings. The second-order valence-corrected chi connectivity index (χ2v) is 6.85. The smallest absolute Gasteiger partial charge is 0.325 e. The number of carboxylic acid groups (broad SMARTS) is 1. The number of aliphatic hydroxyl groups excluding tert-OH is 1. The summed E-state index contributed by atoms with van der Waals surface area (Å²) >= 11 is 1.54. The van der Waals surface area contributed by atoms with Crippen molar-refractivity contribution < 1.29 is 23.4 Å². The Morgan fingerprint density at radius 3 is 2.85 bits per heavy atom. The Bertz CT molecular complexity index is 529. The first-order valence-corrected chi connectivity index (χ1v) is 8.52. The van der Waals surface area contributed by atoms with Crippen LogP contribution in [0.15, 0.2) is 17.3 Å². The molecule has 10 heteroatoms. The second kappa shape index (κ2) is 8.25. The number of aliphatic carboxylic acids is 1. The number of rotatable bonds is 10. The Balaban J connectivity index is 2.43. The molecule has 114 valence electrons. The fourth-order valence-corrected chi connectivity index (χ4v) is 3.21. The maximum absolute atomic E-state index is 11.9. The van der Waals surface area contributed by atoms with Crippen LogP contribution in [0.25, 0.3) is 0 Å². The molecule has 0 bridgehead atoms. The molecule has 0 aliphatic rings. The first-order valence-electron chi connectivity index (χ1n) is 5.88. The molecule has 0 aliphatic heterocycles. The van der Waals surface area contributed by atoms with Crippen LogP contribution in [0, 0.1) is 0 Å². The van der Waals surface area contributed by atoms with Gasteiger partial charge >= 0.3 is 5.97 Å². The molecule has 0 aromatic carbocycles. The number of nitrogens with one attached hydrogen (secondary N) is 1. The molecule has 1 aromatic heterocycles. The lowest BCUT2D eigenvalue weighted by molar-refractivity contribution is -0.137. The van der Waals surface area contributed by atoms with Crippen LogP contribution >= 0.6 is 11.8 Å². The van der Waals surface area contributed by atoms with E-state index in [-0.39, 0.29) is 24.6 Å². The Kier molecular flexibility index (Phi) is 6.99. The Morgan fingerprint density at radius 2 is 2.20 bits per heavy atom. The van der Waals surface area contributed by atoms with Crippen molar-refractivity contribution in [2.45, 2.75) is 17.9 Å². The van der Waals surface area contributed by atoms with Crippen LogP contribution in [0.2, 0.25) is 0 Å². The van der Waals surface area contributed by atoms with E-state index in [4.69, 9.17) is 10.2 Å². The highest BCUT2D eigenvalue weighted by atomic mass is 32.2. The predicted molar refractivity (Wildman–Crippen MR) is 74.1 cm³/mol. The number of carboxylic acids is 1. The Labute approximate surface area is 121 Å². The van der Waals surface area contributed by atoms with Crippen molar-refractivity contribution in [3.05, 3.63) is 12.4 Å². The standard InChI is InChI=1S/C10H17N3O5S2/c14-3-1-4-19-5-2-12-20(17,18)9-6-11-13(7-9)8-10(15)16/h6-7,12,14H,1-5,8H2,(H,15,16). The van der Waals surface area contributed by atoms with E-state index in [1.165, 1.54) is 6.20 Å². The highest BCUT2D eigenvalue weighted by Gasteiger charge is 2.16. The van der Waals surface area contributed by atoms with Crippen LogP contribution < -0.4 is 4.72 Å². The summed E-state index contributed by atoms with van der Waals surface area (Å²) in [5, 5.41) is 20.8. The third-order valence-corrected chi connectivity index (χ3v) is 4.69. The number of nitrogens with zero attached hydrogens (tertiary/aromatic N) is 2. The van der Waals surface area contributed by atoms with Crippen molar-refractivity contribution in [1.82, 2.24) is 14.5 Å². The monoisotopic (exact) mass is 323 g/mol. The minimum Gasteiger partial charge on any atom is -0.480 e. The van der Waals surface area contributed by atoms with E-state index >= 15 is 0 Å². The summed E-state index contributed by atoms with van der Waals surface area (Å²) < 4.78 is 27.2. The Morgan fingerprint density at radius 1 is 1.45 bits per heavy atom. The highest BCUT2D eigenvalue weighted by Crippen LogP contribution is 2.07. The minimum atomic E-state index is -3.66. The summed E-state index contributed by atoms with van der Waals surface area (Å²) in [4.78, 5) is 10.4. The van der Waals surface area contributed by atoms with Gasteiger partial charge in [0, 0.05) is 25.1 Å². The van der Waals surface area contributed by atoms with E-state index in [1.807, 2.05) is 0 Å². The van der Waals surface area contributed by atoms with Crippen molar-refractivity contribution in [3.63, 3.8) is 0 Å². The molecule has 1 heterocycles. The van der Waals surface area contributed by atoms with Gasteiger partial charge in [-0.1, -0.05) is 0 Å². The van der Waals surface area contributed by atoms with Gasteiger partial charge in [0.15, 0.2) is 0 Å². The van der Waals surface area contributed by atoms with Crippen molar-refractivity contribution in [3.8, 4) is 0 Å². The van der Waals surface area contributed by atoms with Gasteiger partial charge < -0.3 is 10.2 Å². The summed E-state index contributed by atoms with van der Waals surface area (Å²) in [6.07, 6.45) is 2.97. The topological polar surface area (TPSA) is 122 Å². The van der Waals surface area contributed by atoms with Crippen molar-refractivity contribution in [2.24, 2.45) is 0 Å². The number of aromatic nitrogens is 2. The maximum atomic E-state index is 11.9. The zero-order valence-electron chi connectivity index (χ0n) is 10.7. The summed E-state index contributed by atoms with van der Waals surface area (Å²) in [7, 11) is -3.66. The van der Waals surface area contributed by atoms with E-state index < -0.39 is 16.0 Å². The zero-order valence-corrected chi connectivity index (χ0v) is 12.4. The lowest BCUT2D eigenvalue weighted by Gasteiger charge is -2.04. The number of sulfonamides is 1. The van der Waals surface area contributed by atoms with Gasteiger partial charge in [0.1, 0.15) is 11.4 Å². The van der Waals surface area contributed by atoms with E-state index in [9.17, 15) is 13.2 Å². The zero-order chi connectivity index (χ0) is 15.0. The van der Waals surface area contributed by atoms with Crippen LogP contribution in [0.1, 0.15) is 6.42 Å². The first kappa shape index (κ1) is 17.0. The normalized spacial score (nSPS) is 11.7. The fourth-order valence-electron chi connectivity index (χ4n) is 1.31. The number of thioether (sulfide) groups is 1. The lowest BCUT2D eigenvalue weighted by atomic mass is 10.5. The number of aliphatic hydroxyl groups is 1. The van der Waals surface area contributed by atoms with Gasteiger partial charge in [-0.3, -0.25) is 9.48 Å². The van der Waals surface area contributed by atoms with Crippen molar-refractivity contribution in [1.29, 1.82) is 0 Å². The molecule has 3 N–H and O–H groups in total. The molecule has 1 aromatic rings. The van der Waals surface area contributed by atoms with Gasteiger partial charge in [-0.2, -0.15) is 16.9 Å². The summed E-state index contributed by atoms with van der Waals surface area (Å²) in [5.74, 6) is 0.280. The van der Waals surface area contributed by atoms with Crippen LogP contribution in [-0.4, -0.2) is 59.0 Å². The third kappa shape index (κ3) is 5.90. The van der Waals surface area contributed by atoms with Crippen molar-refractivity contribution in [2.75, 3.05) is 24.7 Å². The lowest BCUT2D eigenvalue weighted by Crippen LogP contribution is -2.25. The van der Waals surface area contributed by atoms with Crippen molar-refractivity contribution >= 4 is 27.8 Å². The van der Waals surface area contributed by atoms with E-state index in [1.54, 1.807) is 11.8 Å². The van der Waals surface area contributed by atoms with Crippen LogP contribution in [-0.2, 0) is 21.4 Å². The molecule has 1 rings (SSSR count). The quantitative estimate of drug-likeness (QED) is 0.490. The molecule has 0 unspecified atom stereocenters. The molecule has 0 saturated carbocycles. The molecule has 8 nitrogen and oxygen atoms in total. The molecule has 0 saturated heterocycles. The predicted octanol–water partition coefficient (Wildman–Crippen LogP) is -0.638. The largest absolute Gasteiger partial charge is 0.480 e. The average molecular weight is 323 g/mol. The molecule has 0 radical (unpaired) electrons. The molecule has 20 heavy (non-hydrogen) atoms. The molecule has 0 atom stereocenters. The number of hydrogen-bond donors (Lipinski definition) is 3. The minimum absolute atomic E-state index is 0.0564. The molecular formula is C10H17N3O5S2. The van der Waals surface area contributed by atoms with Crippen LogP contribution in [0.4, 0.5) is 0 Å². The summed E-state index contributed by atoms with van der Waals surface area (Å²) in [6.45, 7) is 0.0105. The Hall–Kier alpha value is -1.10. The van der Waals surface area contributed by atoms with Gasteiger partial charge in [-0.15, -0.1) is 0 Å². The van der Waals surface area contributed by atoms with Gasteiger partial charge in [0.25, 0.3) is 0 Å². The molecule has 0 amide bonds. The van der Waals surface area contributed by atoms with Gasteiger partial charge in [-0.05, 0) is 12.2 Å². The highest BCUT2D eigenvalue weighted by molar-refractivity contribution is 7.99. The molecular weight excluding hydrogens is 306 g/mol. The van der Waals surface area contributed by atoms with E-state index in [2.05, 4.69) is 9.82 Å². The van der Waals surface area contributed by atoms with Crippen LogP contribution in [0.3, 0.4) is 0 Å². The summed E-state index contributed by atoms with van der Waals surface area (Å²) in [6, 6.07) is 0. The first-order chi connectivity index (χ1) is 9.45. The fraction of sp³-hybridized carbons (Fsp3) is 0.600. The van der Waals surface area contributed by atoms with E-state index in [0.29, 0.717) is 12.2 Å². The maximum Gasteiger partial charge on any atom is 0.325 e. The molecule has 0 spiro atoms. The average Bonchev–Trinajstić information content (AvgIpc) is 2.82. The van der Waals surface area contributed by atoms with Gasteiger partial charge in [0.2, 0.25) is 10.0 Å². The van der Waals surface area contributed by atoms with Crippen LogP contribution in [0.5, 0.6) is 0 Å². The molecule has 0 aliphatic carbocycles. The number of hydrogen-bond acceptors (Lipinski definition) is 6. The van der Waals surface area contributed by atoms with Gasteiger partial charge in [-0.25, -0.2) is 13.1 Å². The van der Waals surface area contributed by atoms with E-state index in [0.717, 1.165) is 16.6 Å². The SMILES string of the molecule is O=C(O)Cn1cc(S(=O)(=O)NCCSCCCO)cn1. The number of carbonyl (C=O) groups is 1. The summed E-state index contributed by atoms with van der Waals surface area (Å²) in [5.41, 5.74) is 0. The third-order valence-electron chi connectivity index (χ3n) is 2.20. The van der Waals surface area contributed by atoms with Gasteiger partial charge in [0.05, 0.1) is 6.20 Å². The second-order valence-electron chi connectivity index (χ2n) is 3.85.